The molecular weight excluding hydrogens is 156 g/mol. The lowest BCUT2D eigenvalue weighted by Gasteiger charge is -2.40. The molecule has 2 fully saturated rings. The zero-order chi connectivity index (χ0) is 8.77. The van der Waals surface area contributed by atoms with Crippen LogP contribution in [0.4, 0.5) is 4.79 Å². The molecule has 0 radical (unpaired) electrons. The van der Waals surface area contributed by atoms with Crippen molar-refractivity contribution in [2.75, 3.05) is 0 Å². The van der Waals surface area contributed by atoms with Gasteiger partial charge in [-0.1, -0.05) is 0 Å². The first-order chi connectivity index (χ1) is 5.63. The summed E-state index contributed by atoms with van der Waals surface area (Å²) in [5.41, 5.74) is 5.46. The highest BCUT2D eigenvalue weighted by molar-refractivity contribution is 5.67. The van der Waals surface area contributed by atoms with Crippen molar-refractivity contribution in [2.24, 2.45) is 5.73 Å². The molecule has 68 valence electrons. The maximum absolute atomic E-state index is 10.9. The summed E-state index contributed by atoms with van der Waals surface area (Å²) in [6.07, 6.45) is 3.83. The quantitative estimate of drug-likeness (QED) is 0.569. The Kier molecular flexibility index (Phi) is 1.54. The van der Waals surface area contributed by atoms with Crippen LogP contribution in [0.1, 0.15) is 32.1 Å². The zero-order valence-electron chi connectivity index (χ0n) is 6.99. The van der Waals surface area contributed by atoms with Gasteiger partial charge in [0.25, 0.3) is 0 Å². The maximum Gasteiger partial charge on any atom is 0.409 e. The summed E-state index contributed by atoms with van der Waals surface area (Å²) < 4.78 is 0. The van der Waals surface area contributed by atoms with E-state index in [1.807, 2.05) is 0 Å². The lowest BCUT2D eigenvalue weighted by molar-refractivity contribution is 0.0554. The molecule has 2 saturated heterocycles. The van der Waals surface area contributed by atoms with Crippen LogP contribution in [0.5, 0.6) is 0 Å². The number of fused-ring (bicyclic) bond motifs is 2. The summed E-state index contributed by atoms with van der Waals surface area (Å²) in [5.74, 6) is 0. The number of hydrogen-bond acceptors (Lipinski definition) is 2. The van der Waals surface area contributed by atoms with Gasteiger partial charge < -0.3 is 10.8 Å². The summed E-state index contributed by atoms with van der Waals surface area (Å²) in [6, 6.07) is 0.196. The van der Waals surface area contributed by atoms with Gasteiger partial charge in [-0.15, -0.1) is 0 Å². The second kappa shape index (κ2) is 2.36. The van der Waals surface area contributed by atoms with E-state index in [9.17, 15) is 4.79 Å². The molecular formula is C8H14N2O2. The Morgan fingerprint density at radius 3 is 2.75 bits per heavy atom. The molecule has 2 unspecified atom stereocenters. The third kappa shape index (κ3) is 0.909. The van der Waals surface area contributed by atoms with E-state index < -0.39 is 11.8 Å². The van der Waals surface area contributed by atoms with E-state index in [1.165, 1.54) is 4.90 Å². The largest absolute Gasteiger partial charge is 0.465 e. The van der Waals surface area contributed by atoms with E-state index in [4.69, 9.17) is 10.8 Å². The minimum atomic E-state index is -0.847. The van der Waals surface area contributed by atoms with Crippen molar-refractivity contribution < 1.29 is 9.90 Å². The van der Waals surface area contributed by atoms with Gasteiger partial charge in [0.15, 0.2) is 0 Å². The molecule has 0 aromatic rings. The number of carboxylic acid groups (broad SMARTS) is 1. The summed E-state index contributed by atoms with van der Waals surface area (Å²) in [5, 5.41) is 8.93. The van der Waals surface area contributed by atoms with Gasteiger partial charge in [-0.3, -0.25) is 4.90 Å². The molecule has 2 heterocycles. The Morgan fingerprint density at radius 2 is 2.25 bits per heavy atom. The molecule has 2 rings (SSSR count). The van der Waals surface area contributed by atoms with Gasteiger partial charge in [-0.25, -0.2) is 4.79 Å². The Labute approximate surface area is 71.3 Å². The Balaban J connectivity index is 2.26. The van der Waals surface area contributed by atoms with Crippen LogP contribution < -0.4 is 5.73 Å². The van der Waals surface area contributed by atoms with Gasteiger partial charge in [-0.05, 0) is 32.1 Å². The second-order valence-corrected chi connectivity index (χ2v) is 3.84. The minimum Gasteiger partial charge on any atom is -0.465 e. The maximum atomic E-state index is 10.9. The summed E-state index contributed by atoms with van der Waals surface area (Å²) in [4.78, 5) is 12.3. The molecule has 2 bridgehead atoms. The molecule has 3 N–H and O–H groups in total. The number of hydrogen-bond donors (Lipinski definition) is 2. The molecule has 0 saturated carbocycles. The molecule has 12 heavy (non-hydrogen) atoms. The average Bonchev–Trinajstić information content (AvgIpc) is 2.18. The van der Waals surface area contributed by atoms with Crippen LogP contribution >= 0.6 is 0 Å². The molecule has 0 aromatic carbocycles. The highest BCUT2D eigenvalue weighted by Gasteiger charge is 2.48. The minimum absolute atomic E-state index is 0.196. The third-order valence-electron chi connectivity index (χ3n) is 3.11. The predicted molar refractivity (Wildman–Crippen MR) is 43.7 cm³/mol. The Bertz CT molecular complexity index is 215. The van der Waals surface area contributed by atoms with Gasteiger partial charge in [0.1, 0.15) is 0 Å². The zero-order valence-corrected chi connectivity index (χ0v) is 6.99. The number of carbonyl (C=O) groups is 1. The molecule has 2 aliphatic rings. The third-order valence-corrected chi connectivity index (χ3v) is 3.11. The van der Waals surface area contributed by atoms with Gasteiger partial charge in [0, 0.05) is 6.04 Å². The van der Waals surface area contributed by atoms with Crippen LogP contribution in [0.3, 0.4) is 0 Å². The topological polar surface area (TPSA) is 66.6 Å². The lowest BCUT2D eigenvalue weighted by atomic mass is 9.98. The van der Waals surface area contributed by atoms with E-state index in [0.29, 0.717) is 0 Å². The van der Waals surface area contributed by atoms with Crippen molar-refractivity contribution in [3.8, 4) is 0 Å². The van der Waals surface area contributed by atoms with Crippen molar-refractivity contribution in [3.63, 3.8) is 0 Å². The molecule has 2 atom stereocenters. The second-order valence-electron chi connectivity index (χ2n) is 3.84. The van der Waals surface area contributed by atoms with E-state index in [2.05, 4.69) is 0 Å². The van der Waals surface area contributed by atoms with Crippen LogP contribution in [-0.4, -0.2) is 27.8 Å². The molecule has 4 nitrogen and oxygen atoms in total. The molecule has 0 aliphatic carbocycles. The SMILES string of the molecule is NC12CCCC(CC1)N2C(=O)O. The van der Waals surface area contributed by atoms with Crippen LogP contribution in [0.25, 0.3) is 0 Å². The van der Waals surface area contributed by atoms with E-state index in [-0.39, 0.29) is 6.04 Å². The lowest BCUT2D eigenvalue weighted by Crippen LogP contribution is -2.58. The molecule has 0 aromatic heterocycles. The molecule has 2 aliphatic heterocycles. The first kappa shape index (κ1) is 7.86. The first-order valence-electron chi connectivity index (χ1n) is 4.45. The van der Waals surface area contributed by atoms with Gasteiger partial charge in [-0.2, -0.15) is 0 Å². The van der Waals surface area contributed by atoms with Crippen molar-refractivity contribution in [1.29, 1.82) is 0 Å². The Hall–Kier alpha value is -0.770. The fourth-order valence-corrected chi connectivity index (χ4v) is 2.54. The van der Waals surface area contributed by atoms with Crippen molar-refractivity contribution >= 4 is 6.09 Å². The molecule has 0 spiro atoms. The Morgan fingerprint density at radius 1 is 1.50 bits per heavy atom. The summed E-state index contributed by atoms with van der Waals surface area (Å²) in [7, 11) is 0. The average molecular weight is 170 g/mol. The molecule has 4 heteroatoms. The van der Waals surface area contributed by atoms with Crippen molar-refractivity contribution in [1.82, 2.24) is 4.90 Å². The van der Waals surface area contributed by atoms with Gasteiger partial charge in [0.05, 0.1) is 5.66 Å². The normalized spacial score (nSPS) is 40.1. The number of nitrogens with zero attached hydrogens (tertiary/aromatic N) is 1. The summed E-state index contributed by atoms with van der Waals surface area (Å²) in [6.45, 7) is 0. The highest BCUT2D eigenvalue weighted by atomic mass is 16.4. The van der Waals surface area contributed by atoms with E-state index in [0.717, 1.165) is 32.1 Å². The van der Waals surface area contributed by atoms with Gasteiger partial charge >= 0.3 is 6.09 Å². The predicted octanol–water partition coefficient (Wildman–Crippen LogP) is 0.968. The van der Waals surface area contributed by atoms with E-state index in [1.54, 1.807) is 0 Å². The van der Waals surface area contributed by atoms with E-state index >= 15 is 0 Å². The number of amides is 1. The van der Waals surface area contributed by atoms with Crippen LogP contribution in [0, 0.1) is 0 Å². The highest BCUT2D eigenvalue weighted by Crippen LogP contribution is 2.40. The summed E-state index contributed by atoms with van der Waals surface area (Å²) >= 11 is 0. The fraction of sp³-hybridized carbons (Fsp3) is 0.875. The molecule has 1 amide bonds. The number of nitrogens with two attached hydrogens (primary N) is 1. The standard InChI is InChI=1S/C8H14N2O2/c9-8-4-1-2-6(3-5-8)10(8)7(11)12/h6H,1-5,9H2,(H,11,12). The van der Waals surface area contributed by atoms with Crippen LogP contribution in [0.2, 0.25) is 0 Å². The van der Waals surface area contributed by atoms with Gasteiger partial charge in [0.2, 0.25) is 0 Å². The number of piperidine rings is 1. The first-order valence-corrected chi connectivity index (χ1v) is 4.45. The number of rotatable bonds is 0. The van der Waals surface area contributed by atoms with Crippen molar-refractivity contribution in [2.45, 2.75) is 43.8 Å². The smallest absolute Gasteiger partial charge is 0.409 e. The van der Waals surface area contributed by atoms with Crippen LogP contribution in [-0.2, 0) is 0 Å². The monoisotopic (exact) mass is 170 g/mol. The van der Waals surface area contributed by atoms with Crippen molar-refractivity contribution in [3.05, 3.63) is 0 Å². The fourth-order valence-electron chi connectivity index (χ4n) is 2.54. The van der Waals surface area contributed by atoms with Crippen LogP contribution in [0.15, 0.2) is 0 Å².